The average molecular weight is 380 g/mol. The van der Waals surface area contributed by atoms with Gasteiger partial charge in [-0.25, -0.2) is 0 Å². The molecule has 1 saturated carbocycles. The van der Waals surface area contributed by atoms with Crippen LogP contribution in [0.5, 0.6) is 0 Å². The van der Waals surface area contributed by atoms with Crippen molar-refractivity contribution < 1.29 is 0 Å². The highest BCUT2D eigenvalue weighted by molar-refractivity contribution is 14.0. The second kappa shape index (κ2) is 9.00. The maximum absolute atomic E-state index is 4.74. The van der Waals surface area contributed by atoms with Gasteiger partial charge < -0.3 is 15.5 Å². The molecule has 0 bridgehead atoms. The zero-order chi connectivity index (χ0) is 12.8. The minimum atomic E-state index is 0. The van der Waals surface area contributed by atoms with Crippen molar-refractivity contribution in [2.24, 2.45) is 10.9 Å². The van der Waals surface area contributed by atoms with Crippen molar-refractivity contribution in [1.29, 1.82) is 0 Å². The highest BCUT2D eigenvalue weighted by atomic mass is 127. The van der Waals surface area contributed by atoms with E-state index in [2.05, 4.69) is 29.4 Å². The number of halogens is 1. The molecule has 5 heteroatoms. The fourth-order valence-electron chi connectivity index (χ4n) is 2.54. The lowest BCUT2D eigenvalue weighted by Gasteiger charge is -2.14. The fourth-order valence-corrected chi connectivity index (χ4v) is 2.54. The Hall–Kier alpha value is -0.0400. The summed E-state index contributed by atoms with van der Waals surface area (Å²) in [6.07, 6.45) is 5.18. The lowest BCUT2D eigenvalue weighted by Crippen LogP contribution is -2.39. The van der Waals surface area contributed by atoms with E-state index in [-0.39, 0.29) is 24.0 Å². The largest absolute Gasteiger partial charge is 0.357 e. The summed E-state index contributed by atoms with van der Waals surface area (Å²) >= 11 is 0. The lowest BCUT2D eigenvalue weighted by molar-refractivity contribution is 0.326. The Kier molecular flexibility index (Phi) is 8.06. The maximum Gasteiger partial charge on any atom is 0.191 e. The van der Waals surface area contributed by atoms with Crippen molar-refractivity contribution in [2.45, 2.75) is 45.6 Å². The van der Waals surface area contributed by atoms with Crippen LogP contribution in [-0.2, 0) is 0 Å². The van der Waals surface area contributed by atoms with Gasteiger partial charge in [-0.3, -0.25) is 4.99 Å². The molecule has 1 unspecified atom stereocenters. The van der Waals surface area contributed by atoms with Gasteiger partial charge in [-0.15, -0.1) is 24.0 Å². The molecule has 1 saturated heterocycles. The first kappa shape index (κ1) is 17.0. The minimum Gasteiger partial charge on any atom is -0.357 e. The number of likely N-dealkylation sites (tertiary alicyclic amines) is 1. The molecule has 2 N–H and O–H groups in total. The van der Waals surface area contributed by atoms with Crippen LogP contribution in [0.4, 0.5) is 0 Å². The summed E-state index contributed by atoms with van der Waals surface area (Å²) in [4.78, 5) is 7.31. The van der Waals surface area contributed by atoms with E-state index in [1.54, 1.807) is 0 Å². The van der Waals surface area contributed by atoms with Crippen molar-refractivity contribution in [1.82, 2.24) is 15.5 Å². The summed E-state index contributed by atoms with van der Waals surface area (Å²) in [5, 5.41) is 6.82. The minimum absolute atomic E-state index is 0. The molecule has 2 rings (SSSR count). The Morgan fingerprint density at radius 1 is 1.26 bits per heavy atom. The highest BCUT2D eigenvalue weighted by Gasteiger charge is 2.23. The van der Waals surface area contributed by atoms with Gasteiger partial charge in [0.25, 0.3) is 0 Å². The average Bonchev–Trinajstić information content (AvgIpc) is 3.06. The van der Waals surface area contributed by atoms with Gasteiger partial charge in [0.2, 0.25) is 0 Å². The summed E-state index contributed by atoms with van der Waals surface area (Å²) in [6, 6.07) is 0.683. The van der Waals surface area contributed by atoms with Crippen LogP contribution < -0.4 is 10.6 Å². The van der Waals surface area contributed by atoms with Crippen LogP contribution in [0.1, 0.15) is 39.5 Å². The van der Waals surface area contributed by atoms with E-state index in [4.69, 9.17) is 4.99 Å². The van der Waals surface area contributed by atoms with E-state index in [9.17, 15) is 0 Å². The predicted octanol–water partition coefficient (Wildman–Crippen LogP) is 2.05. The number of nitrogens with zero attached hydrogens (tertiary/aromatic N) is 2. The second-order valence-electron chi connectivity index (χ2n) is 5.59. The van der Waals surface area contributed by atoms with Crippen LogP contribution in [0, 0.1) is 5.92 Å². The Labute approximate surface area is 134 Å². The van der Waals surface area contributed by atoms with E-state index in [0.29, 0.717) is 6.04 Å². The molecule has 4 nitrogen and oxygen atoms in total. The van der Waals surface area contributed by atoms with Gasteiger partial charge in [0.15, 0.2) is 5.96 Å². The van der Waals surface area contributed by atoms with E-state index < -0.39 is 0 Å². The Morgan fingerprint density at radius 2 is 2.05 bits per heavy atom. The first-order valence-electron chi connectivity index (χ1n) is 7.59. The van der Waals surface area contributed by atoms with Crippen molar-refractivity contribution in [3.63, 3.8) is 0 Å². The van der Waals surface area contributed by atoms with Crippen LogP contribution in [0.3, 0.4) is 0 Å². The molecule has 1 aliphatic heterocycles. The third kappa shape index (κ3) is 6.29. The van der Waals surface area contributed by atoms with Crippen molar-refractivity contribution >= 4 is 29.9 Å². The molecule has 19 heavy (non-hydrogen) atoms. The third-order valence-electron chi connectivity index (χ3n) is 3.68. The van der Waals surface area contributed by atoms with Gasteiger partial charge in [-0.05, 0) is 51.6 Å². The number of hydrogen-bond acceptors (Lipinski definition) is 2. The summed E-state index contributed by atoms with van der Waals surface area (Å²) in [5.41, 5.74) is 0. The molecule has 2 fully saturated rings. The zero-order valence-corrected chi connectivity index (χ0v) is 14.7. The third-order valence-corrected chi connectivity index (χ3v) is 3.68. The summed E-state index contributed by atoms with van der Waals surface area (Å²) in [5.74, 6) is 1.78. The summed E-state index contributed by atoms with van der Waals surface area (Å²) in [7, 11) is 0. The molecular formula is C14H29IN4. The van der Waals surface area contributed by atoms with Crippen LogP contribution in [0.25, 0.3) is 0 Å². The van der Waals surface area contributed by atoms with Crippen molar-refractivity contribution in [3.05, 3.63) is 0 Å². The molecule has 112 valence electrons. The molecule has 1 heterocycles. The number of aliphatic imine (C=N–C) groups is 1. The van der Waals surface area contributed by atoms with Gasteiger partial charge in [-0.2, -0.15) is 0 Å². The molecule has 0 amide bonds. The quantitative estimate of drug-likeness (QED) is 0.421. The van der Waals surface area contributed by atoms with E-state index in [1.165, 1.54) is 45.3 Å². The van der Waals surface area contributed by atoms with Crippen LogP contribution in [-0.4, -0.2) is 49.6 Å². The predicted molar refractivity (Wildman–Crippen MR) is 92.4 cm³/mol. The van der Waals surface area contributed by atoms with E-state index in [1.807, 2.05) is 0 Å². The van der Waals surface area contributed by atoms with Gasteiger partial charge in [0, 0.05) is 25.7 Å². The van der Waals surface area contributed by atoms with Crippen molar-refractivity contribution in [2.75, 3.05) is 32.7 Å². The first-order chi connectivity index (χ1) is 8.81. The SMILES string of the molecule is CCCN1CCC(CN=C(NCC)NC2CC2)C1.I. The van der Waals surface area contributed by atoms with Crippen molar-refractivity contribution in [3.8, 4) is 0 Å². The Morgan fingerprint density at radius 3 is 2.68 bits per heavy atom. The molecule has 0 radical (unpaired) electrons. The van der Waals surface area contributed by atoms with Gasteiger partial charge in [0.1, 0.15) is 0 Å². The van der Waals surface area contributed by atoms with Gasteiger partial charge in [0.05, 0.1) is 0 Å². The fraction of sp³-hybridized carbons (Fsp3) is 0.929. The molecule has 0 aromatic rings. The molecule has 0 spiro atoms. The smallest absolute Gasteiger partial charge is 0.191 e. The first-order valence-corrected chi connectivity index (χ1v) is 7.59. The summed E-state index contributed by atoms with van der Waals surface area (Å²) in [6.45, 7) is 10.1. The Bertz CT molecular complexity index is 279. The van der Waals surface area contributed by atoms with E-state index in [0.717, 1.165) is 25.0 Å². The number of nitrogens with one attached hydrogen (secondary N) is 2. The molecule has 1 atom stereocenters. The standard InChI is InChI=1S/C14H28N4.HI/c1-3-8-18-9-7-12(11-18)10-16-14(15-4-2)17-13-5-6-13;/h12-13H,3-11H2,1-2H3,(H2,15,16,17);1H. The number of guanidine groups is 1. The van der Waals surface area contributed by atoms with Crippen LogP contribution in [0.15, 0.2) is 4.99 Å². The van der Waals surface area contributed by atoms with Gasteiger partial charge >= 0.3 is 0 Å². The van der Waals surface area contributed by atoms with E-state index >= 15 is 0 Å². The second-order valence-corrected chi connectivity index (χ2v) is 5.59. The molecule has 0 aromatic carbocycles. The molecular weight excluding hydrogens is 351 g/mol. The maximum atomic E-state index is 4.74. The van der Waals surface area contributed by atoms with Gasteiger partial charge in [-0.1, -0.05) is 6.92 Å². The normalized spacial score (nSPS) is 24.1. The summed E-state index contributed by atoms with van der Waals surface area (Å²) < 4.78 is 0. The molecule has 2 aliphatic rings. The topological polar surface area (TPSA) is 39.7 Å². The van der Waals surface area contributed by atoms with Crippen LogP contribution in [0.2, 0.25) is 0 Å². The molecule has 1 aliphatic carbocycles. The highest BCUT2D eigenvalue weighted by Crippen LogP contribution is 2.19. The van der Waals surface area contributed by atoms with Crippen LogP contribution >= 0.6 is 24.0 Å². The molecule has 0 aromatic heterocycles. The number of hydrogen-bond donors (Lipinski definition) is 2. The Balaban J connectivity index is 0.00000180. The zero-order valence-electron chi connectivity index (χ0n) is 12.3. The number of rotatable bonds is 6. The monoisotopic (exact) mass is 380 g/mol. The lowest BCUT2D eigenvalue weighted by atomic mass is 10.1.